The number of methoxy groups -OCH3 is 1. The van der Waals surface area contributed by atoms with Crippen LogP contribution in [0.5, 0.6) is 5.75 Å². The second kappa shape index (κ2) is 7.93. The zero-order chi connectivity index (χ0) is 15.1. The summed E-state index contributed by atoms with van der Waals surface area (Å²) in [5.41, 5.74) is 1.21. The Bertz CT molecular complexity index is 408. The molecule has 0 unspecified atom stereocenters. The predicted octanol–water partition coefficient (Wildman–Crippen LogP) is 3.69. The zero-order valence-corrected chi connectivity index (χ0v) is 13.3. The lowest BCUT2D eigenvalue weighted by molar-refractivity contribution is -0.131. The number of hydrogen-bond acceptors (Lipinski definition) is 2. The summed E-state index contributed by atoms with van der Waals surface area (Å²) in [6.45, 7) is 9.96. The summed E-state index contributed by atoms with van der Waals surface area (Å²) in [5, 5.41) is 0. The number of nitrogens with zero attached hydrogens (tertiary/aromatic N) is 1. The zero-order valence-electron chi connectivity index (χ0n) is 13.3. The lowest BCUT2D eigenvalue weighted by Crippen LogP contribution is -2.32. The fourth-order valence-corrected chi connectivity index (χ4v) is 2.48. The van der Waals surface area contributed by atoms with Gasteiger partial charge in [0.2, 0.25) is 5.91 Å². The third kappa shape index (κ3) is 4.26. The molecule has 1 aromatic rings. The Morgan fingerprint density at radius 1 is 1.15 bits per heavy atom. The first-order valence-electron chi connectivity index (χ1n) is 7.45. The summed E-state index contributed by atoms with van der Waals surface area (Å²) < 4.78 is 5.19. The Kier molecular flexibility index (Phi) is 6.56. The first-order valence-corrected chi connectivity index (χ1v) is 7.45. The van der Waals surface area contributed by atoms with Gasteiger partial charge < -0.3 is 9.64 Å². The van der Waals surface area contributed by atoms with Gasteiger partial charge in [0.25, 0.3) is 0 Å². The number of rotatable bonds is 7. The van der Waals surface area contributed by atoms with Crippen molar-refractivity contribution in [3.63, 3.8) is 0 Å². The van der Waals surface area contributed by atoms with Crippen molar-refractivity contribution in [3.8, 4) is 5.75 Å². The number of benzene rings is 1. The van der Waals surface area contributed by atoms with E-state index in [2.05, 4.69) is 26.0 Å². The minimum absolute atomic E-state index is 0.240. The molecule has 1 atom stereocenters. The minimum atomic E-state index is 0.240. The van der Waals surface area contributed by atoms with Gasteiger partial charge in [0, 0.05) is 19.5 Å². The van der Waals surface area contributed by atoms with Crippen LogP contribution in [-0.4, -0.2) is 31.0 Å². The van der Waals surface area contributed by atoms with Crippen LogP contribution in [0.15, 0.2) is 24.3 Å². The fraction of sp³-hybridized carbons (Fsp3) is 0.588. The Morgan fingerprint density at radius 2 is 1.70 bits per heavy atom. The summed E-state index contributed by atoms with van der Waals surface area (Å²) in [5.74, 6) is 1.78. The predicted molar refractivity (Wildman–Crippen MR) is 83.1 cm³/mol. The Morgan fingerprint density at radius 3 is 2.10 bits per heavy atom. The molecule has 0 saturated carbocycles. The van der Waals surface area contributed by atoms with Crippen molar-refractivity contribution in [3.05, 3.63) is 29.8 Å². The van der Waals surface area contributed by atoms with Crippen LogP contribution in [0.4, 0.5) is 0 Å². The molecule has 1 rings (SSSR count). The van der Waals surface area contributed by atoms with E-state index in [-0.39, 0.29) is 11.8 Å². The monoisotopic (exact) mass is 277 g/mol. The molecule has 20 heavy (non-hydrogen) atoms. The lowest BCUT2D eigenvalue weighted by atomic mass is 9.85. The van der Waals surface area contributed by atoms with E-state index < -0.39 is 0 Å². The van der Waals surface area contributed by atoms with Crippen LogP contribution < -0.4 is 4.74 Å². The van der Waals surface area contributed by atoms with E-state index in [1.54, 1.807) is 7.11 Å². The van der Waals surface area contributed by atoms with Gasteiger partial charge in [0.05, 0.1) is 7.11 Å². The lowest BCUT2D eigenvalue weighted by Gasteiger charge is -2.25. The van der Waals surface area contributed by atoms with Crippen LogP contribution in [0.1, 0.15) is 45.6 Å². The SMILES string of the molecule is CCN(CC)C(=O)C[C@H](c1ccc(OC)cc1)C(C)C. The fourth-order valence-electron chi connectivity index (χ4n) is 2.48. The maximum Gasteiger partial charge on any atom is 0.223 e. The van der Waals surface area contributed by atoms with Gasteiger partial charge in [-0.1, -0.05) is 26.0 Å². The highest BCUT2D eigenvalue weighted by Gasteiger charge is 2.21. The average molecular weight is 277 g/mol. The normalized spacial score (nSPS) is 12.3. The van der Waals surface area contributed by atoms with Gasteiger partial charge in [-0.3, -0.25) is 4.79 Å². The summed E-state index contributed by atoms with van der Waals surface area (Å²) in [6.07, 6.45) is 0.575. The smallest absolute Gasteiger partial charge is 0.223 e. The molecule has 1 aromatic carbocycles. The van der Waals surface area contributed by atoms with Crippen molar-refractivity contribution in [1.82, 2.24) is 4.90 Å². The van der Waals surface area contributed by atoms with Gasteiger partial charge in [-0.05, 0) is 43.4 Å². The molecule has 0 fully saturated rings. The quantitative estimate of drug-likeness (QED) is 0.760. The molecule has 3 nitrogen and oxygen atoms in total. The Hall–Kier alpha value is -1.51. The summed E-state index contributed by atoms with van der Waals surface area (Å²) >= 11 is 0. The van der Waals surface area contributed by atoms with Crippen LogP contribution in [0.2, 0.25) is 0 Å². The van der Waals surface area contributed by atoms with Crippen LogP contribution in [0, 0.1) is 5.92 Å². The number of carbonyl (C=O) groups excluding carboxylic acids is 1. The van der Waals surface area contributed by atoms with Crippen molar-refractivity contribution >= 4 is 5.91 Å². The molecule has 3 heteroatoms. The van der Waals surface area contributed by atoms with E-state index >= 15 is 0 Å². The molecule has 0 aliphatic rings. The second-order valence-corrected chi connectivity index (χ2v) is 5.39. The van der Waals surface area contributed by atoms with Crippen molar-refractivity contribution < 1.29 is 9.53 Å². The summed E-state index contributed by atoms with van der Waals surface area (Å²) in [4.78, 5) is 14.2. The van der Waals surface area contributed by atoms with E-state index in [1.165, 1.54) is 5.56 Å². The van der Waals surface area contributed by atoms with E-state index in [0.717, 1.165) is 18.8 Å². The van der Waals surface area contributed by atoms with E-state index in [4.69, 9.17) is 4.74 Å². The van der Waals surface area contributed by atoms with Gasteiger partial charge in [-0.2, -0.15) is 0 Å². The summed E-state index contributed by atoms with van der Waals surface area (Å²) in [7, 11) is 1.67. The number of carbonyl (C=O) groups is 1. The third-order valence-corrected chi connectivity index (χ3v) is 3.86. The van der Waals surface area contributed by atoms with Crippen LogP contribution in [-0.2, 0) is 4.79 Å². The van der Waals surface area contributed by atoms with Crippen LogP contribution in [0.25, 0.3) is 0 Å². The molecule has 0 spiro atoms. The van der Waals surface area contributed by atoms with Gasteiger partial charge in [0.1, 0.15) is 5.75 Å². The standard InChI is InChI=1S/C17H27NO2/c1-6-18(7-2)17(19)12-16(13(3)4)14-8-10-15(20-5)11-9-14/h8-11,13,16H,6-7,12H2,1-5H3/t16-/m0/s1. The van der Waals surface area contributed by atoms with Crippen molar-refractivity contribution in [2.24, 2.45) is 5.92 Å². The molecular weight excluding hydrogens is 250 g/mol. The molecular formula is C17H27NO2. The van der Waals surface area contributed by atoms with Gasteiger partial charge >= 0.3 is 0 Å². The van der Waals surface area contributed by atoms with E-state index in [1.807, 2.05) is 30.9 Å². The highest BCUT2D eigenvalue weighted by atomic mass is 16.5. The minimum Gasteiger partial charge on any atom is -0.497 e. The number of ether oxygens (including phenoxy) is 1. The molecule has 0 N–H and O–H groups in total. The van der Waals surface area contributed by atoms with Crippen molar-refractivity contribution in [2.45, 2.75) is 40.0 Å². The largest absolute Gasteiger partial charge is 0.497 e. The van der Waals surface area contributed by atoms with Gasteiger partial charge in [-0.25, -0.2) is 0 Å². The third-order valence-electron chi connectivity index (χ3n) is 3.86. The maximum atomic E-state index is 12.3. The summed E-state index contributed by atoms with van der Waals surface area (Å²) in [6, 6.07) is 8.07. The molecule has 112 valence electrons. The Labute approximate surface area is 122 Å². The van der Waals surface area contributed by atoms with Crippen LogP contribution >= 0.6 is 0 Å². The molecule has 0 bridgehead atoms. The number of amides is 1. The van der Waals surface area contributed by atoms with Crippen molar-refractivity contribution in [1.29, 1.82) is 0 Å². The van der Waals surface area contributed by atoms with E-state index in [9.17, 15) is 4.79 Å². The topological polar surface area (TPSA) is 29.5 Å². The first kappa shape index (κ1) is 16.5. The molecule has 0 radical (unpaired) electrons. The highest BCUT2D eigenvalue weighted by Crippen LogP contribution is 2.29. The molecule has 1 amide bonds. The van der Waals surface area contributed by atoms with Gasteiger partial charge in [0.15, 0.2) is 0 Å². The second-order valence-electron chi connectivity index (χ2n) is 5.39. The molecule has 0 aliphatic carbocycles. The highest BCUT2D eigenvalue weighted by molar-refractivity contribution is 5.77. The molecule has 0 aliphatic heterocycles. The molecule has 0 saturated heterocycles. The van der Waals surface area contributed by atoms with Crippen molar-refractivity contribution in [2.75, 3.05) is 20.2 Å². The first-order chi connectivity index (χ1) is 9.53. The molecule has 0 heterocycles. The number of hydrogen-bond donors (Lipinski definition) is 0. The Balaban J connectivity index is 2.85. The average Bonchev–Trinajstić information content (AvgIpc) is 2.46. The van der Waals surface area contributed by atoms with Gasteiger partial charge in [-0.15, -0.1) is 0 Å². The maximum absolute atomic E-state index is 12.3. The molecule has 0 aromatic heterocycles. The van der Waals surface area contributed by atoms with E-state index in [0.29, 0.717) is 12.3 Å². The van der Waals surface area contributed by atoms with Crippen LogP contribution in [0.3, 0.4) is 0 Å².